The Morgan fingerprint density at radius 1 is 0.623 bits per heavy atom. The van der Waals surface area contributed by atoms with Crippen LogP contribution in [0.25, 0.3) is 0 Å². The van der Waals surface area contributed by atoms with Gasteiger partial charge in [0.25, 0.3) is 0 Å². The second kappa shape index (κ2) is 18.7. The van der Waals surface area contributed by atoms with Gasteiger partial charge >= 0.3 is 193 Å². The molecule has 1 aliphatic heterocycles. The second-order valence-corrected chi connectivity index (χ2v) is 18.2. The number of nitrogens with two attached hydrogens (primary N) is 1. The Balaban J connectivity index is 0.899. The number of ether oxygens (including phenoxy) is 1. The van der Waals surface area contributed by atoms with Gasteiger partial charge in [-0.15, -0.1) is 0 Å². The van der Waals surface area contributed by atoms with Crippen molar-refractivity contribution >= 4 is 34.7 Å². The van der Waals surface area contributed by atoms with Crippen molar-refractivity contribution in [3.63, 3.8) is 0 Å². The zero-order valence-electron chi connectivity index (χ0n) is 30.6. The molecule has 0 radical (unpaired) electrons. The largest absolute Gasteiger partial charge is 0.330 e. The number of guanidine groups is 2. The van der Waals surface area contributed by atoms with Crippen LogP contribution in [0.2, 0.25) is 0 Å². The summed E-state index contributed by atoms with van der Waals surface area (Å²) in [5.41, 5.74) is 8.31. The minimum absolute atomic E-state index is 0.306. The van der Waals surface area contributed by atoms with Gasteiger partial charge in [0, 0.05) is 6.54 Å². The van der Waals surface area contributed by atoms with Crippen LogP contribution in [-0.4, -0.2) is 31.2 Å². The molecule has 1 atom stereocenters. The molecule has 0 bridgehead atoms. The molecule has 6 nitrogen and oxygen atoms in total. The van der Waals surface area contributed by atoms with Crippen LogP contribution in [0.5, 0.6) is 5.75 Å². The quantitative estimate of drug-likeness (QED) is 0.0587. The summed E-state index contributed by atoms with van der Waals surface area (Å²) >= 11 is 0. The number of aliphatic imine (C=N–C) groups is 2. The van der Waals surface area contributed by atoms with Gasteiger partial charge < -0.3 is 11.1 Å². The molecule has 0 saturated heterocycles. The van der Waals surface area contributed by atoms with Gasteiger partial charge in [0.2, 0.25) is 0 Å². The van der Waals surface area contributed by atoms with Gasteiger partial charge in [0.1, 0.15) is 0 Å². The Morgan fingerprint density at radius 3 is 1.66 bits per heavy atom. The molecule has 1 aliphatic rings. The third-order valence-corrected chi connectivity index (χ3v) is 15.4. The topological polar surface area (TPSA) is 84.0 Å². The van der Waals surface area contributed by atoms with E-state index in [1.165, 1.54) is 24.8 Å². The Morgan fingerprint density at radius 2 is 1.11 bits per heavy atom. The van der Waals surface area contributed by atoms with Crippen molar-refractivity contribution in [3.05, 3.63) is 157 Å². The zero-order chi connectivity index (χ0) is 36.6. The molecule has 0 saturated carbocycles. The van der Waals surface area contributed by atoms with Crippen molar-refractivity contribution in [3.8, 4) is 5.75 Å². The molecule has 6 rings (SSSR count). The van der Waals surface area contributed by atoms with Crippen molar-refractivity contribution in [1.82, 2.24) is 10.6 Å². The smallest absolute Gasteiger partial charge is 0.200 e. The van der Waals surface area contributed by atoms with E-state index in [4.69, 9.17) is 10.5 Å². The molecule has 276 valence electrons. The third kappa shape index (κ3) is 9.71. The molecule has 0 aromatic heterocycles. The van der Waals surface area contributed by atoms with Crippen molar-refractivity contribution in [1.29, 1.82) is 0 Å². The predicted octanol–water partition coefficient (Wildman–Crippen LogP) is 8.71. The molecule has 4 N–H and O–H groups in total. The first-order chi connectivity index (χ1) is 26.0. The van der Waals surface area contributed by atoms with E-state index in [9.17, 15) is 0 Å². The average molecular weight is 730 g/mol. The molecule has 5 aromatic carbocycles. The second-order valence-electron chi connectivity index (χ2n) is 13.8. The number of hydrogen-bond acceptors (Lipinski definition) is 4. The van der Waals surface area contributed by atoms with Crippen LogP contribution >= 0.6 is 6.91 Å². The molecule has 0 fully saturated rings. The van der Waals surface area contributed by atoms with Crippen LogP contribution in [-0.2, 0) is 6.42 Å². The molecule has 1 heterocycles. The maximum Gasteiger partial charge on any atom is 0.200 e. The van der Waals surface area contributed by atoms with E-state index in [1.807, 2.05) is 133 Å². The number of hydrogen-bond donors (Lipinski definition) is 3. The normalized spacial score (nSPS) is 15.8. The summed E-state index contributed by atoms with van der Waals surface area (Å²) in [6.45, 7) is -2.79. The number of nitrogens with zero attached hydrogens (tertiary/aromatic N) is 2. The summed E-state index contributed by atoms with van der Waals surface area (Å²) in [4.78, 5) is 9.16. The third-order valence-electron chi connectivity index (χ3n) is 10.1. The van der Waals surface area contributed by atoms with E-state index in [2.05, 4.69) is 32.8 Å². The SMILES string of the molecule is NC1=NC(c2ccc(OCCCCCCCCCCP(F)(c3ccccc3)(c3ccccc3)c3ccccc3)cc2)NC(=NCCc2ccccc2)N1. The number of nitrogens with one attached hydrogen (secondary N) is 2. The van der Waals surface area contributed by atoms with Crippen LogP contribution in [0.3, 0.4) is 0 Å². The van der Waals surface area contributed by atoms with Crippen molar-refractivity contribution < 1.29 is 8.93 Å². The summed E-state index contributed by atoms with van der Waals surface area (Å²) in [7, 11) is 0. The Labute approximate surface area is 314 Å². The Hall–Kier alpha value is -5.00. The number of rotatable bonds is 19. The molecular formula is C45H53FN5OP. The summed E-state index contributed by atoms with van der Waals surface area (Å²) in [6, 6.07) is 48.1. The minimum Gasteiger partial charge on any atom is -0.330 e. The summed E-state index contributed by atoms with van der Waals surface area (Å²) in [5, 5.41) is 8.83. The van der Waals surface area contributed by atoms with Crippen LogP contribution < -0.4 is 37.0 Å². The van der Waals surface area contributed by atoms with Crippen molar-refractivity contribution in [2.75, 3.05) is 19.3 Å². The van der Waals surface area contributed by atoms with E-state index in [0.717, 1.165) is 65.8 Å². The number of unbranched alkanes of at least 4 members (excludes halogenated alkanes) is 7. The maximum atomic E-state index is 18.6. The fraction of sp³-hybridized carbons (Fsp3) is 0.289. The first-order valence-electron chi connectivity index (χ1n) is 19.1. The van der Waals surface area contributed by atoms with Crippen LogP contribution in [0.4, 0.5) is 4.20 Å². The fourth-order valence-corrected chi connectivity index (χ4v) is 12.1. The summed E-state index contributed by atoms with van der Waals surface area (Å²) < 4.78 is 24.6. The Bertz CT molecular complexity index is 1790. The minimum atomic E-state index is -4.13. The van der Waals surface area contributed by atoms with Gasteiger partial charge in [0.05, 0.1) is 0 Å². The van der Waals surface area contributed by atoms with Gasteiger partial charge in [-0.25, -0.2) is 4.99 Å². The molecule has 0 amide bonds. The van der Waals surface area contributed by atoms with Gasteiger partial charge in [-0.3, -0.25) is 10.3 Å². The van der Waals surface area contributed by atoms with Gasteiger partial charge in [0.15, 0.2) is 18.1 Å². The van der Waals surface area contributed by atoms with Gasteiger partial charge in [-0.2, -0.15) is 0 Å². The molecule has 5 aromatic rings. The van der Waals surface area contributed by atoms with E-state index >= 15 is 4.20 Å². The Kier molecular flexibility index (Phi) is 13.3. The van der Waals surface area contributed by atoms with Crippen molar-refractivity contribution in [2.45, 2.75) is 64.0 Å². The van der Waals surface area contributed by atoms with Crippen LogP contribution in [0.15, 0.2) is 156 Å². The zero-order valence-corrected chi connectivity index (χ0v) is 31.5. The predicted molar refractivity (Wildman–Crippen MR) is 223 cm³/mol. The van der Waals surface area contributed by atoms with Gasteiger partial charge in [-0.05, 0) is 29.7 Å². The van der Waals surface area contributed by atoms with E-state index in [0.29, 0.717) is 31.2 Å². The molecule has 0 spiro atoms. The first-order valence-corrected chi connectivity index (χ1v) is 21.4. The van der Waals surface area contributed by atoms with Crippen LogP contribution in [0.1, 0.15) is 68.7 Å². The van der Waals surface area contributed by atoms with E-state index in [1.54, 1.807) is 0 Å². The van der Waals surface area contributed by atoms with Gasteiger partial charge in [-0.1, -0.05) is 42.5 Å². The summed E-state index contributed by atoms with van der Waals surface area (Å²) in [5.74, 6) is 1.83. The van der Waals surface area contributed by atoms with Crippen molar-refractivity contribution in [2.24, 2.45) is 15.7 Å². The monoisotopic (exact) mass is 729 g/mol. The summed E-state index contributed by atoms with van der Waals surface area (Å²) in [6.07, 6.45) is 9.77. The molecular weight excluding hydrogens is 677 g/mol. The molecule has 1 unspecified atom stereocenters. The average Bonchev–Trinajstić information content (AvgIpc) is 3.21. The molecule has 8 heteroatoms. The van der Waals surface area contributed by atoms with Crippen LogP contribution in [0, 0.1) is 0 Å². The number of halogens is 1. The number of benzene rings is 5. The van der Waals surface area contributed by atoms with E-state index in [-0.39, 0.29) is 6.17 Å². The molecule has 53 heavy (non-hydrogen) atoms. The standard InChI is InChI=1S/C45H53FN5OP/c46-53(40-23-13-8-14-24-40,41-25-15-9-16-26-41,42-27-17-10-18-28-42)36-20-6-4-2-1-3-5-19-35-52-39-31-29-38(30-32-39)43-49-44(47)51-45(50-43)48-34-33-37-21-11-7-12-22-37/h7-18,21-32,43H,1-6,19-20,33-36H2,(H4,47,48,49,50,51). The fourth-order valence-electron chi connectivity index (χ4n) is 7.23. The van der Waals surface area contributed by atoms with E-state index < -0.39 is 6.91 Å². The maximum absolute atomic E-state index is 18.6. The first kappa shape index (κ1) is 37.7. The molecule has 0 aliphatic carbocycles.